The number of rotatable bonds is 5. The van der Waals surface area contributed by atoms with Crippen LogP contribution in [-0.2, 0) is 0 Å². The van der Waals surface area contributed by atoms with Gasteiger partial charge in [-0.3, -0.25) is 0 Å². The lowest BCUT2D eigenvalue weighted by atomic mass is 9.75. The molecule has 0 aliphatic heterocycles. The Morgan fingerprint density at radius 2 is 2.11 bits per heavy atom. The quantitative estimate of drug-likeness (QED) is 0.848. The van der Waals surface area contributed by atoms with Crippen molar-refractivity contribution in [3.05, 3.63) is 35.4 Å². The second-order valence-corrected chi connectivity index (χ2v) is 5.05. The highest BCUT2D eigenvalue weighted by Crippen LogP contribution is 2.35. The summed E-state index contributed by atoms with van der Waals surface area (Å²) >= 11 is 0. The second-order valence-electron chi connectivity index (χ2n) is 5.05. The number of aliphatic hydroxyl groups excluding tert-OH is 1. The van der Waals surface area contributed by atoms with Crippen LogP contribution < -0.4 is 5.32 Å². The number of hydrogen-bond acceptors (Lipinski definition) is 2. The van der Waals surface area contributed by atoms with Gasteiger partial charge >= 0.3 is 0 Å². The minimum Gasteiger partial charge on any atom is -0.387 e. The van der Waals surface area contributed by atoms with Gasteiger partial charge in [0.2, 0.25) is 0 Å². The lowest BCUT2D eigenvalue weighted by Gasteiger charge is -2.42. The third kappa shape index (κ3) is 2.70. The molecule has 1 saturated carbocycles. The number of nitrogens with one attached hydrogen (secondary N) is 1. The van der Waals surface area contributed by atoms with Crippen molar-refractivity contribution < 1.29 is 13.9 Å². The molecule has 1 aromatic carbocycles. The fourth-order valence-electron chi connectivity index (χ4n) is 2.45. The van der Waals surface area contributed by atoms with Crippen LogP contribution in [0.25, 0.3) is 0 Å². The summed E-state index contributed by atoms with van der Waals surface area (Å²) in [6.45, 7) is 2.41. The first kappa shape index (κ1) is 13.4. The van der Waals surface area contributed by atoms with E-state index in [2.05, 4.69) is 12.2 Å². The lowest BCUT2D eigenvalue weighted by Crippen LogP contribution is -2.51. The summed E-state index contributed by atoms with van der Waals surface area (Å²) < 4.78 is 26.2. The van der Waals surface area contributed by atoms with E-state index in [1.165, 1.54) is 18.6 Å². The van der Waals surface area contributed by atoms with E-state index < -0.39 is 17.7 Å². The fourth-order valence-corrected chi connectivity index (χ4v) is 2.45. The first-order chi connectivity index (χ1) is 8.56. The van der Waals surface area contributed by atoms with E-state index in [1.807, 2.05) is 0 Å². The zero-order chi connectivity index (χ0) is 13.2. The maximum absolute atomic E-state index is 13.5. The molecule has 0 spiro atoms. The molecule has 100 valence electrons. The van der Waals surface area contributed by atoms with Crippen molar-refractivity contribution in [1.82, 2.24) is 5.32 Å². The molecule has 1 aliphatic carbocycles. The Morgan fingerprint density at radius 1 is 1.39 bits per heavy atom. The first-order valence-corrected chi connectivity index (χ1v) is 6.44. The van der Waals surface area contributed by atoms with Gasteiger partial charge in [0.1, 0.15) is 11.6 Å². The third-order valence-electron chi connectivity index (χ3n) is 3.98. The fraction of sp³-hybridized carbons (Fsp3) is 0.571. The van der Waals surface area contributed by atoms with Crippen LogP contribution in [0.2, 0.25) is 0 Å². The molecule has 1 aliphatic rings. The van der Waals surface area contributed by atoms with Crippen LogP contribution in [0.3, 0.4) is 0 Å². The molecule has 0 aromatic heterocycles. The van der Waals surface area contributed by atoms with Gasteiger partial charge in [0.15, 0.2) is 0 Å². The molecule has 0 amide bonds. The zero-order valence-corrected chi connectivity index (χ0v) is 10.5. The Bertz CT molecular complexity index is 413. The number of aliphatic hydroxyl groups is 1. The molecule has 18 heavy (non-hydrogen) atoms. The molecule has 1 unspecified atom stereocenters. The Kier molecular flexibility index (Phi) is 3.97. The summed E-state index contributed by atoms with van der Waals surface area (Å²) in [5, 5.41) is 13.3. The van der Waals surface area contributed by atoms with Gasteiger partial charge in [0, 0.05) is 23.7 Å². The number of β-amino-alcohol motifs (C(OH)–C–C–N with tert-alkyl or cyclic N) is 1. The van der Waals surface area contributed by atoms with Crippen LogP contribution in [0.1, 0.15) is 44.3 Å². The van der Waals surface area contributed by atoms with E-state index >= 15 is 0 Å². The standard InChI is InChI=1S/C14H19F2NO/c1-2-14(6-3-7-14)17-9-13(18)11-5-4-10(15)8-12(11)16/h4-5,8,13,17-18H,2-3,6-7,9H2,1H3. The molecule has 0 bridgehead atoms. The molecule has 0 heterocycles. The molecule has 1 atom stereocenters. The highest BCUT2D eigenvalue weighted by atomic mass is 19.1. The molecule has 0 saturated heterocycles. The molecule has 2 N–H and O–H groups in total. The van der Waals surface area contributed by atoms with E-state index in [0.29, 0.717) is 6.54 Å². The normalized spacial score (nSPS) is 19.3. The molecule has 1 fully saturated rings. The van der Waals surface area contributed by atoms with Crippen molar-refractivity contribution >= 4 is 0 Å². The summed E-state index contributed by atoms with van der Waals surface area (Å²) in [5.41, 5.74) is 0.256. The molecular formula is C14H19F2NO. The van der Waals surface area contributed by atoms with Gasteiger partial charge in [-0.2, -0.15) is 0 Å². The summed E-state index contributed by atoms with van der Waals surface area (Å²) in [4.78, 5) is 0. The minimum atomic E-state index is -0.936. The lowest BCUT2D eigenvalue weighted by molar-refractivity contribution is 0.117. The molecule has 4 heteroatoms. The van der Waals surface area contributed by atoms with Crippen LogP contribution in [0, 0.1) is 11.6 Å². The summed E-state index contributed by atoms with van der Waals surface area (Å²) in [6.07, 6.45) is 3.46. The zero-order valence-electron chi connectivity index (χ0n) is 10.5. The van der Waals surface area contributed by atoms with Gasteiger partial charge in [0.25, 0.3) is 0 Å². The van der Waals surface area contributed by atoms with Gasteiger partial charge in [-0.25, -0.2) is 8.78 Å². The summed E-state index contributed by atoms with van der Waals surface area (Å²) in [5.74, 6) is -1.32. The maximum atomic E-state index is 13.5. The third-order valence-corrected chi connectivity index (χ3v) is 3.98. The van der Waals surface area contributed by atoms with E-state index in [-0.39, 0.29) is 11.1 Å². The average Bonchev–Trinajstić information content (AvgIpc) is 2.27. The van der Waals surface area contributed by atoms with Crippen molar-refractivity contribution in [3.8, 4) is 0 Å². The van der Waals surface area contributed by atoms with Crippen molar-refractivity contribution in [2.24, 2.45) is 0 Å². The van der Waals surface area contributed by atoms with Gasteiger partial charge in [-0.15, -0.1) is 0 Å². The molecule has 0 radical (unpaired) electrons. The number of benzene rings is 1. The second kappa shape index (κ2) is 5.33. The van der Waals surface area contributed by atoms with Crippen molar-refractivity contribution in [3.63, 3.8) is 0 Å². The van der Waals surface area contributed by atoms with E-state index in [4.69, 9.17) is 0 Å². The van der Waals surface area contributed by atoms with Crippen molar-refractivity contribution in [2.45, 2.75) is 44.2 Å². The van der Waals surface area contributed by atoms with E-state index in [1.54, 1.807) is 0 Å². The predicted octanol–water partition coefficient (Wildman–Crippen LogP) is 2.92. The van der Waals surface area contributed by atoms with E-state index in [9.17, 15) is 13.9 Å². The predicted molar refractivity (Wildman–Crippen MR) is 66.2 cm³/mol. The largest absolute Gasteiger partial charge is 0.387 e. The summed E-state index contributed by atoms with van der Waals surface area (Å²) in [6, 6.07) is 3.27. The smallest absolute Gasteiger partial charge is 0.131 e. The number of halogens is 2. The van der Waals surface area contributed by atoms with Crippen LogP contribution in [0.15, 0.2) is 18.2 Å². The Labute approximate surface area is 106 Å². The van der Waals surface area contributed by atoms with Gasteiger partial charge in [0.05, 0.1) is 6.10 Å². The molecule has 1 aromatic rings. The minimum absolute atomic E-state index is 0.109. The highest BCUT2D eigenvalue weighted by molar-refractivity contribution is 5.21. The van der Waals surface area contributed by atoms with Crippen LogP contribution in [-0.4, -0.2) is 17.2 Å². The van der Waals surface area contributed by atoms with Crippen LogP contribution in [0.4, 0.5) is 8.78 Å². The highest BCUT2D eigenvalue weighted by Gasteiger charge is 2.34. The monoisotopic (exact) mass is 255 g/mol. The Morgan fingerprint density at radius 3 is 2.61 bits per heavy atom. The molecule has 2 rings (SSSR count). The Hall–Kier alpha value is -1.00. The maximum Gasteiger partial charge on any atom is 0.131 e. The van der Waals surface area contributed by atoms with Gasteiger partial charge < -0.3 is 10.4 Å². The first-order valence-electron chi connectivity index (χ1n) is 6.44. The molecule has 2 nitrogen and oxygen atoms in total. The van der Waals surface area contributed by atoms with Gasteiger partial charge in [-0.05, 0) is 31.7 Å². The van der Waals surface area contributed by atoms with Crippen LogP contribution >= 0.6 is 0 Å². The topological polar surface area (TPSA) is 32.3 Å². The van der Waals surface area contributed by atoms with Crippen molar-refractivity contribution in [2.75, 3.05) is 6.54 Å². The van der Waals surface area contributed by atoms with Crippen molar-refractivity contribution in [1.29, 1.82) is 0 Å². The van der Waals surface area contributed by atoms with Gasteiger partial charge in [-0.1, -0.05) is 13.0 Å². The SMILES string of the molecule is CCC1(NCC(O)c2ccc(F)cc2F)CCC1. The summed E-state index contributed by atoms with van der Waals surface area (Å²) in [7, 11) is 0. The Balaban J connectivity index is 1.97. The number of hydrogen-bond donors (Lipinski definition) is 2. The average molecular weight is 255 g/mol. The van der Waals surface area contributed by atoms with Crippen LogP contribution in [0.5, 0.6) is 0 Å². The molecular weight excluding hydrogens is 236 g/mol. The van der Waals surface area contributed by atoms with E-state index in [0.717, 1.165) is 25.3 Å².